The lowest BCUT2D eigenvalue weighted by Gasteiger charge is -2.34. The normalized spacial score (nSPS) is 12.0. The van der Waals surface area contributed by atoms with E-state index >= 15 is 0 Å². The summed E-state index contributed by atoms with van der Waals surface area (Å²) in [5.74, 6) is -0.136. The molecule has 8 nitrogen and oxygen atoms in total. The number of nitrogens with zero attached hydrogens (tertiary/aromatic N) is 2. The zero-order chi connectivity index (χ0) is 33.3. The van der Waals surface area contributed by atoms with Crippen LogP contribution in [0, 0.1) is 12.8 Å². The highest BCUT2D eigenvalue weighted by Gasteiger charge is 2.34. The van der Waals surface area contributed by atoms with E-state index in [0.717, 1.165) is 21.0 Å². The third kappa shape index (κ3) is 9.11. The summed E-state index contributed by atoms with van der Waals surface area (Å²) in [4.78, 5) is 29.9. The highest BCUT2D eigenvalue weighted by atomic mass is 35.5. The second-order valence-electron chi connectivity index (χ2n) is 11.5. The molecule has 10 heteroatoms. The molecule has 0 radical (unpaired) electrons. The van der Waals surface area contributed by atoms with Crippen molar-refractivity contribution >= 4 is 39.1 Å². The Morgan fingerprint density at radius 1 is 0.848 bits per heavy atom. The number of amides is 2. The van der Waals surface area contributed by atoms with Crippen LogP contribution in [-0.2, 0) is 32.6 Å². The Bertz CT molecular complexity index is 1700. The van der Waals surface area contributed by atoms with Gasteiger partial charge in [-0.3, -0.25) is 13.9 Å². The lowest BCUT2D eigenvalue weighted by atomic mass is 10.0. The molecule has 0 aliphatic carbocycles. The second kappa shape index (κ2) is 15.8. The first-order chi connectivity index (χ1) is 22.0. The van der Waals surface area contributed by atoms with Crippen molar-refractivity contribution in [3.8, 4) is 5.75 Å². The van der Waals surface area contributed by atoms with E-state index in [9.17, 15) is 18.0 Å². The number of carbonyl (C=O) groups excluding carboxylic acids is 2. The first kappa shape index (κ1) is 34.5. The SMILES string of the molecule is COc1ccc(N(CC(=O)N(Cc2ccc(Cl)cc2)[C@H](Cc2ccccc2)C(=O)NCC(C)C)S(=O)(=O)c2ccc(C)cc2)cc1. The van der Waals surface area contributed by atoms with Crippen molar-refractivity contribution in [2.24, 2.45) is 5.92 Å². The van der Waals surface area contributed by atoms with Gasteiger partial charge in [-0.05, 0) is 72.5 Å². The van der Waals surface area contributed by atoms with Crippen molar-refractivity contribution in [1.82, 2.24) is 10.2 Å². The molecule has 0 spiro atoms. The maximum atomic E-state index is 14.5. The number of halogens is 1. The molecule has 0 unspecified atom stereocenters. The molecule has 242 valence electrons. The molecule has 0 saturated heterocycles. The zero-order valence-corrected chi connectivity index (χ0v) is 28.1. The summed E-state index contributed by atoms with van der Waals surface area (Å²) in [6, 6.07) is 28.5. The molecule has 1 atom stereocenters. The molecule has 0 bridgehead atoms. The third-order valence-corrected chi connectivity index (χ3v) is 9.51. The standard InChI is InChI=1S/C36H40ClN3O5S/c1-26(2)23-38-36(42)34(22-28-8-6-5-7-9-28)39(24-29-12-14-30(37)15-13-29)35(41)25-40(31-16-18-32(45-4)19-17-31)46(43,44)33-20-10-27(3)11-21-33/h5-21,26,34H,22-25H2,1-4H3,(H,38,42)/t34-/m1/s1. The van der Waals surface area contributed by atoms with Gasteiger partial charge in [0.1, 0.15) is 18.3 Å². The Kier molecular flexibility index (Phi) is 11.8. The van der Waals surface area contributed by atoms with Gasteiger partial charge in [-0.15, -0.1) is 0 Å². The van der Waals surface area contributed by atoms with Crippen LogP contribution in [0.15, 0.2) is 108 Å². The molecule has 0 aliphatic heterocycles. The minimum atomic E-state index is -4.20. The van der Waals surface area contributed by atoms with Crippen molar-refractivity contribution in [2.75, 3.05) is 24.5 Å². The summed E-state index contributed by atoms with van der Waals surface area (Å²) in [7, 11) is -2.68. The average molecular weight is 662 g/mol. The quantitative estimate of drug-likeness (QED) is 0.172. The van der Waals surface area contributed by atoms with Gasteiger partial charge >= 0.3 is 0 Å². The fourth-order valence-corrected chi connectivity index (χ4v) is 6.42. The minimum absolute atomic E-state index is 0.0430. The summed E-state index contributed by atoms with van der Waals surface area (Å²) in [5.41, 5.74) is 2.78. The third-order valence-electron chi connectivity index (χ3n) is 7.47. The lowest BCUT2D eigenvalue weighted by molar-refractivity contribution is -0.140. The van der Waals surface area contributed by atoms with Crippen LogP contribution in [0.25, 0.3) is 0 Å². The molecule has 0 aromatic heterocycles. The van der Waals surface area contributed by atoms with Crippen molar-refractivity contribution < 1.29 is 22.7 Å². The van der Waals surface area contributed by atoms with Gasteiger partial charge in [-0.1, -0.05) is 85.6 Å². The lowest BCUT2D eigenvalue weighted by Crippen LogP contribution is -2.53. The molecule has 1 N–H and O–H groups in total. The van der Waals surface area contributed by atoms with Crippen LogP contribution in [0.1, 0.15) is 30.5 Å². The van der Waals surface area contributed by atoms with Crippen LogP contribution in [0.4, 0.5) is 5.69 Å². The number of hydrogen-bond donors (Lipinski definition) is 1. The molecule has 0 aliphatic rings. The Balaban J connectivity index is 1.79. The molecule has 0 fully saturated rings. The van der Waals surface area contributed by atoms with Gasteiger partial charge in [0.15, 0.2) is 0 Å². The van der Waals surface area contributed by atoms with E-state index in [2.05, 4.69) is 5.32 Å². The zero-order valence-electron chi connectivity index (χ0n) is 26.5. The average Bonchev–Trinajstić information content (AvgIpc) is 3.05. The largest absolute Gasteiger partial charge is 0.497 e. The number of hydrogen-bond acceptors (Lipinski definition) is 5. The molecule has 0 heterocycles. The highest BCUT2D eigenvalue weighted by Crippen LogP contribution is 2.27. The number of benzene rings is 4. The fraction of sp³-hybridized carbons (Fsp3) is 0.278. The van der Waals surface area contributed by atoms with Crippen LogP contribution in [0.5, 0.6) is 5.75 Å². The van der Waals surface area contributed by atoms with E-state index in [-0.39, 0.29) is 35.4 Å². The summed E-state index contributed by atoms with van der Waals surface area (Å²) >= 11 is 6.15. The fourth-order valence-electron chi connectivity index (χ4n) is 4.88. The molecule has 4 aromatic carbocycles. The number of methoxy groups -OCH3 is 1. The second-order valence-corrected chi connectivity index (χ2v) is 13.8. The van der Waals surface area contributed by atoms with Gasteiger partial charge in [0.2, 0.25) is 11.8 Å². The van der Waals surface area contributed by atoms with Gasteiger partial charge in [0.05, 0.1) is 17.7 Å². The van der Waals surface area contributed by atoms with Crippen LogP contribution in [0.2, 0.25) is 5.02 Å². The number of ether oxygens (including phenoxy) is 1. The van der Waals surface area contributed by atoms with Crippen LogP contribution >= 0.6 is 11.6 Å². The monoisotopic (exact) mass is 661 g/mol. The predicted octanol–water partition coefficient (Wildman–Crippen LogP) is 6.26. The first-order valence-corrected chi connectivity index (χ1v) is 16.9. The molecule has 2 amide bonds. The topological polar surface area (TPSA) is 96.0 Å². The minimum Gasteiger partial charge on any atom is -0.497 e. The molecule has 4 aromatic rings. The number of nitrogens with one attached hydrogen (secondary N) is 1. The number of sulfonamides is 1. The Morgan fingerprint density at radius 2 is 1.48 bits per heavy atom. The van der Waals surface area contributed by atoms with Crippen LogP contribution in [-0.4, -0.2) is 51.4 Å². The number of carbonyl (C=O) groups is 2. The van der Waals surface area contributed by atoms with E-state index in [1.807, 2.05) is 51.1 Å². The number of rotatable bonds is 14. The van der Waals surface area contributed by atoms with Gasteiger partial charge in [0.25, 0.3) is 10.0 Å². The van der Waals surface area contributed by atoms with Gasteiger partial charge in [-0.25, -0.2) is 8.42 Å². The van der Waals surface area contributed by atoms with Crippen LogP contribution < -0.4 is 14.4 Å². The van der Waals surface area contributed by atoms with Crippen LogP contribution in [0.3, 0.4) is 0 Å². The van der Waals surface area contributed by atoms with Gasteiger partial charge in [-0.2, -0.15) is 0 Å². The summed E-state index contributed by atoms with van der Waals surface area (Å²) in [6.07, 6.45) is 0.233. The Morgan fingerprint density at radius 3 is 2.07 bits per heavy atom. The molecule has 4 rings (SSSR count). The first-order valence-electron chi connectivity index (χ1n) is 15.1. The highest BCUT2D eigenvalue weighted by molar-refractivity contribution is 7.92. The summed E-state index contributed by atoms with van der Waals surface area (Å²) in [6.45, 7) is 5.79. The van der Waals surface area contributed by atoms with Gasteiger partial charge < -0.3 is 15.0 Å². The van der Waals surface area contributed by atoms with E-state index in [1.165, 1.54) is 24.1 Å². The number of aryl methyl sites for hydroxylation is 1. The van der Waals surface area contributed by atoms with E-state index < -0.39 is 28.5 Å². The maximum absolute atomic E-state index is 14.5. The van der Waals surface area contributed by atoms with Crippen molar-refractivity contribution in [3.05, 3.63) is 125 Å². The molecule has 0 saturated carbocycles. The molecular formula is C36H40ClN3O5S. The molecule has 46 heavy (non-hydrogen) atoms. The van der Waals surface area contributed by atoms with E-state index in [0.29, 0.717) is 17.3 Å². The summed E-state index contributed by atoms with van der Waals surface area (Å²) in [5, 5.41) is 3.53. The van der Waals surface area contributed by atoms with Crippen molar-refractivity contribution in [3.63, 3.8) is 0 Å². The maximum Gasteiger partial charge on any atom is 0.264 e. The number of anilines is 1. The Hall–Kier alpha value is -4.34. The summed E-state index contributed by atoms with van der Waals surface area (Å²) < 4.78 is 34.7. The van der Waals surface area contributed by atoms with Crippen molar-refractivity contribution in [2.45, 2.75) is 44.7 Å². The van der Waals surface area contributed by atoms with Crippen molar-refractivity contribution in [1.29, 1.82) is 0 Å². The van der Waals surface area contributed by atoms with Gasteiger partial charge in [0, 0.05) is 24.5 Å². The smallest absolute Gasteiger partial charge is 0.264 e. The van der Waals surface area contributed by atoms with E-state index in [4.69, 9.17) is 16.3 Å². The predicted molar refractivity (Wildman–Crippen MR) is 182 cm³/mol. The molecular weight excluding hydrogens is 622 g/mol. The van der Waals surface area contributed by atoms with E-state index in [1.54, 1.807) is 60.7 Å². The Labute approximate surface area is 277 Å².